The van der Waals surface area contributed by atoms with Crippen LogP contribution in [0.4, 0.5) is 0 Å². The molecule has 0 atom stereocenters. The molecule has 3 heteroatoms. The van der Waals surface area contributed by atoms with Crippen LogP contribution in [0.15, 0.2) is 0 Å². The summed E-state index contributed by atoms with van der Waals surface area (Å²) in [6.45, 7) is 3.02. The molecule has 0 amide bonds. The normalized spacial score (nSPS) is 9.16. The van der Waals surface area contributed by atoms with E-state index in [4.69, 9.17) is 27.1 Å². The van der Waals surface area contributed by atoms with Crippen LogP contribution in [0.1, 0.15) is 25.7 Å². The summed E-state index contributed by atoms with van der Waals surface area (Å²) in [6, 6.07) is 0. The van der Waals surface area contributed by atoms with Gasteiger partial charge in [-0.3, -0.25) is 0 Å². The third-order valence-corrected chi connectivity index (χ3v) is 2.17. The summed E-state index contributed by atoms with van der Waals surface area (Å²) < 4.78 is 15.5. The van der Waals surface area contributed by atoms with E-state index in [1.807, 2.05) is 0 Å². The average Bonchev–Trinajstić information content (AvgIpc) is 2.43. The summed E-state index contributed by atoms with van der Waals surface area (Å²) in [5.74, 6) is 10.5. The van der Waals surface area contributed by atoms with Crippen molar-refractivity contribution in [1.82, 2.24) is 0 Å². The van der Waals surface area contributed by atoms with E-state index in [9.17, 15) is 0 Å². The highest BCUT2D eigenvalue weighted by molar-refractivity contribution is 4.99. The van der Waals surface area contributed by atoms with Crippen LogP contribution in [0.25, 0.3) is 0 Å². The van der Waals surface area contributed by atoms with Crippen molar-refractivity contribution >= 4 is 0 Å². The van der Waals surface area contributed by atoms with Crippen molar-refractivity contribution in [3.8, 4) is 36.5 Å². The molecule has 0 bridgehead atoms. The highest BCUT2D eigenvalue weighted by atomic mass is 16.5. The molecule has 0 heterocycles. The van der Waals surface area contributed by atoms with E-state index < -0.39 is 0 Å². The van der Waals surface area contributed by atoms with Crippen molar-refractivity contribution < 1.29 is 14.2 Å². The predicted octanol–water partition coefficient (Wildman–Crippen LogP) is 1.87. The smallest absolute Gasteiger partial charge is 0.109 e. The Hall–Kier alpha value is -1.44. The van der Waals surface area contributed by atoms with E-state index in [0.29, 0.717) is 26.4 Å². The van der Waals surface area contributed by atoms with Gasteiger partial charge < -0.3 is 14.2 Å². The number of rotatable bonds is 11. The van der Waals surface area contributed by atoms with Crippen LogP contribution < -0.4 is 0 Å². The molecule has 0 saturated heterocycles. The molecule has 0 aromatic rings. The van der Waals surface area contributed by atoms with Gasteiger partial charge in [0, 0.05) is 13.2 Å². The molecule has 0 N–H and O–H groups in total. The van der Waals surface area contributed by atoms with Gasteiger partial charge in [-0.05, 0) is 12.8 Å². The first-order chi connectivity index (χ1) is 9.41. The SMILES string of the molecule is C#CCOCC#CCOCCCCCCOCC#C. The summed E-state index contributed by atoms with van der Waals surface area (Å²) >= 11 is 0. The lowest BCUT2D eigenvalue weighted by Crippen LogP contribution is -1.97. The first-order valence-electron chi connectivity index (χ1n) is 6.47. The van der Waals surface area contributed by atoms with Crippen molar-refractivity contribution in [1.29, 1.82) is 0 Å². The maximum Gasteiger partial charge on any atom is 0.109 e. The molecule has 0 radical (unpaired) electrons. The van der Waals surface area contributed by atoms with Gasteiger partial charge >= 0.3 is 0 Å². The topological polar surface area (TPSA) is 27.7 Å². The summed E-state index contributed by atoms with van der Waals surface area (Å²) in [4.78, 5) is 0. The van der Waals surface area contributed by atoms with Crippen LogP contribution in [-0.2, 0) is 14.2 Å². The lowest BCUT2D eigenvalue weighted by atomic mass is 10.2. The van der Waals surface area contributed by atoms with Gasteiger partial charge in [-0.1, -0.05) is 36.5 Å². The molecule has 0 aromatic carbocycles. The van der Waals surface area contributed by atoms with Gasteiger partial charge in [0.15, 0.2) is 0 Å². The number of hydrogen-bond acceptors (Lipinski definition) is 3. The van der Waals surface area contributed by atoms with Crippen LogP contribution in [0, 0.1) is 36.5 Å². The van der Waals surface area contributed by atoms with Crippen molar-refractivity contribution in [2.45, 2.75) is 25.7 Å². The van der Waals surface area contributed by atoms with Gasteiger partial charge in [0.1, 0.15) is 26.4 Å². The first-order valence-corrected chi connectivity index (χ1v) is 6.47. The average molecular weight is 262 g/mol. The van der Waals surface area contributed by atoms with Gasteiger partial charge in [-0.15, -0.1) is 12.8 Å². The van der Waals surface area contributed by atoms with E-state index in [1.165, 1.54) is 0 Å². The van der Waals surface area contributed by atoms with E-state index in [1.54, 1.807) is 0 Å². The number of unbranched alkanes of at least 4 members (excludes halogenated alkanes) is 3. The Balaban J connectivity index is 3.07. The Labute approximate surface area is 117 Å². The Kier molecular flexibility index (Phi) is 15.3. The van der Waals surface area contributed by atoms with Crippen molar-refractivity contribution in [3.63, 3.8) is 0 Å². The minimum absolute atomic E-state index is 0.306. The van der Waals surface area contributed by atoms with Gasteiger partial charge in [-0.2, -0.15) is 0 Å². The lowest BCUT2D eigenvalue weighted by Gasteiger charge is -2.01. The fourth-order valence-electron chi connectivity index (χ4n) is 1.28. The fourth-order valence-corrected chi connectivity index (χ4v) is 1.28. The third-order valence-electron chi connectivity index (χ3n) is 2.17. The molecule has 0 saturated carbocycles. The number of ether oxygens (including phenoxy) is 3. The Bertz CT molecular complexity index is 325. The molecular weight excluding hydrogens is 240 g/mol. The fraction of sp³-hybridized carbons (Fsp3) is 0.625. The lowest BCUT2D eigenvalue weighted by molar-refractivity contribution is 0.151. The highest BCUT2D eigenvalue weighted by Crippen LogP contribution is 2.00. The molecule has 0 aliphatic heterocycles. The summed E-state index contributed by atoms with van der Waals surface area (Å²) in [5, 5.41) is 0. The van der Waals surface area contributed by atoms with Gasteiger partial charge in [0.2, 0.25) is 0 Å². The zero-order valence-electron chi connectivity index (χ0n) is 11.5. The molecule has 0 fully saturated rings. The van der Waals surface area contributed by atoms with Crippen LogP contribution in [0.2, 0.25) is 0 Å². The number of hydrogen-bond donors (Lipinski definition) is 0. The second kappa shape index (κ2) is 16.6. The van der Waals surface area contributed by atoms with Crippen LogP contribution in [0.3, 0.4) is 0 Å². The first kappa shape index (κ1) is 17.6. The molecule has 19 heavy (non-hydrogen) atoms. The van der Waals surface area contributed by atoms with E-state index >= 15 is 0 Å². The molecule has 104 valence electrons. The maximum atomic E-state index is 5.36. The third kappa shape index (κ3) is 16.6. The molecule has 0 unspecified atom stereocenters. The second-order valence-electron chi connectivity index (χ2n) is 3.77. The van der Waals surface area contributed by atoms with E-state index in [2.05, 4.69) is 23.7 Å². The molecular formula is C16H22O3. The Morgan fingerprint density at radius 2 is 1.05 bits per heavy atom. The van der Waals surface area contributed by atoms with Gasteiger partial charge in [0.25, 0.3) is 0 Å². The van der Waals surface area contributed by atoms with Crippen molar-refractivity contribution in [2.24, 2.45) is 0 Å². The molecule has 0 rings (SSSR count). The molecule has 0 aliphatic rings. The van der Waals surface area contributed by atoms with E-state index in [0.717, 1.165) is 38.9 Å². The quantitative estimate of drug-likeness (QED) is 0.420. The predicted molar refractivity (Wildman–Crippen MR) is 76.4 cm³/mol. The summed E-state index contributed by atoms with van der Waals surface area (Å²) in [5.41, 5.74) is 0. The van der Waals surface area contributed by atoms with E-state index in [-0.39, 0.29) is 0 Å². The van der Waals surface area contributed by atoms with Crippen molar-refractivity contribution in [3.05, 3.63) is 0 Å². The minimum Gasteiger partial charge on any atom is -0.369 e. The Morgan fingerprint density at radius 1 is 0.579 bits per heavy atom. The van der Waals surface area contributed by atoms with Crippen LogP contribution in [-0.4, -0.2) is 39.6 Å². The van der Waals surface area contributed by atoms with Crippen LogP contribution >= 0.6 is 0 Å². The summed E-state index contributed by atoms with van der Waals surface area (Å²) in [6.07, 6.45) is 14.5. The standard InChI is InChI=1S/C16H22O3/c1-3-11-17-13-7-5-6-8-14-19-16-10-9-15-18-12-4-2/h1-2H,5-8,11-16H2. The second-order valence-corrected chi connectivity index (χ2v) is 3.77. The van der Waals surface area contributed by atoms with Gasteiger partial charge in [-0.25, -0.2) is 0 Å². The summed E-state index contributed by atoms with van der Waals surface area (Å²) in [7, 11) is 0. The molecule has 3 nitrogen and oxygen atoms in total. The van der Waals surface area contributed by atoms with Crippen LogP contribution in [0.5, 0.6) is 0 Å². The molecule has 0 spiro atoms. The molecule has 0 aliphatic carbocycles. The Morgan fingerprint density at radius 3 is 1.63 bits per heavy atom. The number of terminal acetylenes is 2. The van der Waals surface area contributed by atoms with Gasteiger partial charge in [0.05, 0.1) is 0 Å². The zero-order chi connectivity index (χ0) is 14.0. The maximum absolute atomic E-state index is 5.36. The molecule has 0 aromatic heterocycles. The minimum atomic E-state index is 0.306. The monoisotopic (exact) mass is 262 g/mol. The highest BCUT2D eigenvalue weighted by Gasteiger charge is 1.90. The largest absolute Gasteiger partial charge is 0.369 e. The zero-order valence-corrected chi connectivity index (χ0v) is 11.5. The van der Waals surface area contributed by atoms with Crippen molar-refractivity contribution in [2.75, 3.05) is 39.6 Å².